The van der Waals surface area contributed by atoms with Gasteiger partial charge < -0.3 is 25.0 Å². The molecule has 4 atom stereocenters. The lowest BCUT2D eigenvalue weighted by Gasteiger charge is -2.41. The average Bonchev–Trinajstić information content (AvgIpc) is 3.18. The van der Waals surface area contributed by atoms with Crippen LogP contribution in [-0.2, 0) is 22.6 Å². The summed E-state index contributed by atoms with van der Waals surface area (Å²) in [6.45, 7) is 1.62. The summed E-state index contributed by atoms with van der Waals surface area (Å²) in [4.78, 5) is 28.5. The highest BCUT2D eigenvalue weighted by Crippen LogP contribution is 2.43. The van der Waals surface area contributed by atoms with E-state index in [0.717, 1.165) is 16.7 Å². The van der Waals surface area contributed by atoms with Crippen LogP contribution in [0.15, 0.2) is 96.2 Å². The smallest absolute Gasteiger partial charge is 0.338 e. The summed E-state index contributed by atoms with van der Waals surface area (Å²) in [7, 11) is 0. The highest BCUT2D eigenvalue weighted by atomic mass is 32.2. The van der Waals surface area contributed by atoms with Crippen LogP contribution in [-0.4, -0.2) is 38.9 Å². The number of hydrogen-bond acceptors (Lipinski definition) is 7. The van der Waals surface area contributed by atoms with Crippen molar-refractivity contribution in [1.29, 1.82) is 0 Å². The van der Waals surface area contributed by atoms with Crippen molar-refractivity contribution in [3.05, 3.63) is 154 Å². The summed E-state index contributed by atoms with van der Waals surface area (Å²) in [5.41, 5.74) is 2.80. The molecule has 0 spiro atoms. The number of aliphatic hydroxyl groups is 1. The Morgan fingerprint density at radius 3 is 2.11 bits per heavy atom. The Balaban J connectivity index is 1.19. The maximum atomic E-state index is 14.1. The van der Waals surface area contributed by atoms with E-state index in [1.165, 1.54) is 24.0 Å². The molecule has 0 saturated carbocycles. The lowest BCUT2D eigenvalue weighted by atomic mass is 9.91. The molecular formula is C39H31F5N2O6S. The maximum absolute atomic E-state index is 14.1. The van der Waals surface area contributed by atoms with Gasteiger partial charge in [-0.25, -0.2) is 31.7 Å². The summed E-state index contributed by atoms with van der Waals surface area (Å²) in [6.07, 6.45) is -0.0714. The standard InChI is InChI=1S/C39H31F5N2O6S/c1-20-28(19-53-37-27(38(49)50)6-3-15-45-37)51-39(52-35(20)24-9-7-21(18-47)8-10-24)25-13-11-23(12-14-25)26-5-2-4-22(16-26)17-46-36(48)29-30(40)32(42)34(44)33(43)31(29)41/h2-16,20,28,35,39,47H,17-19H2,1H3,(H,46,48)(H,49,50)/t20-,28+,35+,39+/m1/s1. The third-order valence-electron chi connectivity index (χ3n) is 8.84. The summed E-state index contributed by atoms with van der Waals surface area (Å²) in [6, 6.07) is 24.6. The summed E-state index contributed by atoms with van der Waals surface area (Å²) < 4.78 is 81.9. The number of carbonyl (C=O) groups excluding carboxylic acids is 1. The Morgan fingerprint density at radius 2 is 1.45 bits per heavy atom. The number of aliphatic hydroxyl groups excluding tert-OH is 1. The van der Waals surface area contributed by atoms with Crippen LogP contribution < -0.4 is 5.32 Å². The van der Waals surface area contributed by atoms with Gasteiger partial charge in [-0.05, 0) is 46.0 Å². The number of nitrogens with one attached hydrogen (secondary N) is 1. The first-order chi connectivity index (χ1) is 25.5. The van der Waals surface area contributed by atoms with Crippen molar-refractivity contribution in [2.24, 2.45) is 5.92 Å². The van der Waals surface area contributed by atoms with E-state index in [9.17, 15) is 41.8 Å². The van der Waals surface area contributed by atoms with Crippen LogP contribution in [0.2, 0.25) is 0 Å². The summed E-state index contributed by atoms with van der Waals surface area (Å²) in [5.74, 6) is -13.5. The van der Waals surface area contributed by atoms with Crippen LogP contribution in [0.25, 0.3) is 11.1 Å². The molecule has 2 heterocycles. The first-order valence-corrected chi connectivity index (χ1v) is 17.3. The third-order valence-corrected chi connectivity index (χ3v) is 9.94. The number of amides is 1. The predicted molar refractivity (Wildman–Crippen MR) is 184 cm³/mol. The molecule has 6 rings (SSSR count). The monoisotopic (exact) mass is 750 g/mol. The average molecular weight is 751 g/mol. The number of hydrogen-bond donors (Lipinski definition) is 3. The molecule has 1 aliphatic rings. The molecule has 4 aromatic carbocycles. The number of pyridine rings is 1. The summed E-state index contributed by atoms with van der Waals surface area (Å²) in [5, 5.41) is 21.8. The molecule has 0 radical (unpaired) electrons. The number of aromatic nitrogens is 1. The van der Waals surface area contributed by atoms with Crippen molar-refractivity contribution < 1.29 is 51.2 Å². The van der Waals surface area contributed by atoms with E-state index >= 15 is 0 Å². The van der Waals surface area contributed by atoms with Gasteiger partial charge in [-0.1, -0.05) is 73.7 Å². The Morgan fingerprint density at radius 1 is 0.792 bits per heavy atom. The van der Waals surface area contributed by atoms with E-state index in [1.807, 2.05) is 55.5 Å². The Labute approximate surface area is 304 Å². The van der Waals surface area contributed by atoms with Crippen LogP contribution in [0, 0.1) is 35.0 Å². The molecule has 1 saturated heterocycles. The quantitative estimate of drug-likeness (QED) is 0.0536. The molecule has 8 nitrogen and oxygen atoms in total. The Bertz CT molecular complexity index is 2110. The number of ether oxygens (including phenoxy) is 2. The van der Waals surface area contributed by atoms with Crippen molar-refractivity contribution in [3.8, 4) is 11.1 Å². The van der Waals surface area contributed by atoms with Gasteiger partial charge in [0.2, 0.25) is 5.82 Å². The normalized spacial score (nSPS) is 18.5. The van der Waals surface area contributed by atoms with Crippen molar-refractivity contribution in [1.82, 2.24) is 10.3 Å². The minimum absolute atomic E-state index is 0.0911. The molecule has 274 valence electrons. The molecule has 0 unspecified atom stereocenters. The topological polar surface area (TPSA) is 118 Å². The SMILES string of the molecule is C[C@@H]1[C@H](CSc2ncccc2C(=O)O)O[C@H](c2ccc(-c3cccc(CNC(=O)c4c(F)c(F)c(F)c(F)c4F)c3)cc2)O[C@@H]1c1ccc(CO)cc1. The summed E-state index contributed by atoms with van der Waals surface area (Å²) >= 11 is 1.28. The fourth-order valence-electron chi connectivity index (χ4n) is 5.91. The number of carbonyl (C=O) groups is 2. The van der Waals surface area contributed by atoms with Gasteiger partial charge >= 0.3 is 5.97 Å². The molecule has 1 aromatic heterocycles. The van der Waals surface area contributed by atoms with E-state index < -0.39 is 58.9 Å². The second kappa shape index (κ2) is 16.3. The first-order valence-electron chi connectivity index (χ1n) is 16.3. The van der Waals surface area contributed by atoms with E-state index in [4.69, 9.17) is 9.47 Å². The number of carboxylic acids is 1. The molecule has 1 fully saturated rings. The lowest BCUT2D eigenvalue weighted by Crippen LogP contribution is -2.38. The minimum atomic E-state index is -2.35. The van der Waals surface area contributed by atoms with E-state index in [0.29, 0.717) is 27.5 Å². The van der Waals surface area contributed by atoms with E-state index in [1.54, 1.807) is 30.3 Å². The van der Waals surface area contributed by atoms with Crippen LogP contribution in [0.1, 0.15) is 62.3 Å². The highest BCUT2D eigenvalue weighted by molar-refractivity contribution is 7.99. The Kier molecular flexibility index (Phi) is 11.5. The van der Waals surface area contributed by atoms with Gasteiger partial charge in [-0.15, -0.1) is 11.8 Å². The van der Waals surface area contributed by atoms with Gasteiger partial charge in [0, 0.05) is 30.0 Å². The molecule has 1 amide bonds. The number of halogens is 5. The van der Waals surface area contributed by atoms with Crippen LogP contribution >= 0.6 is 11.8 Å². The van der Waals surface area contributed by atoms with Crippen LogP contribution in [0.5, 0.6) is 0 Å². The van der Waals surface area contributed by atoms with Crippen LogP contribution in [0.4, 0.5) is 22.0 Å². The zero-order valence-corrected chi connectivity index (χ0v) is 28.7. The highest BCUT2D eigenvalue weighted by Gasteiger charge is 2.38. The van der Waals surface area contributed by atoms with Crippen LogP contribution in [0.3, 0.4) is 0 Å². The van der Waals surface area contributed by atoms with E-state index in [-0.39, 0.29) is 30.7 Å². The van der Waals surface area contributed by atoms with Crippen molar-refractivity contribution in [3.63, 3.8) is 0 Å². The fourth-order valence-corrected chi connectivity index (χ4v) is 7.06. The molecule has 1 aliphatic heterocycles. The molecule has 0 aliphatic carbocycles. The zero-order valence-electron chi connectivity index (χ0n) is 27.9. The largest absolute Gasteiger partial charge is 0.478 e. The lowest BCUT2D eigenvalue weighted by molar-refractivity contribution is -0.268. The third kappa shape index (κ3) is 8.10. The van der Waals surface area contributed by atoms with Gasteiger partial charge in [0.05, 0.1) is 24.4 Å². The molecule has 14 heteroatoms. The van der Waals surface area contributed by atoms with Gasteiger partial charge in [0.15, 0.2) is 29.6 Å². The van der Waals surface area contributed by atoms with Gasteiger partial charge in [-0.3, -0.25) is 4.79 Å². The van der Waals surface area contributed by atoms with Crippen molar-refractivity contribution in [2.75, 3.05) is 5.75 Å². The number of thioether (sulfide) groups is 1. The van der Waals surface area contributed by atoms with Crippen molar-refractivity contribution >= 4 is 23.6 Å². The maximum Gasteiger partial charge on any atom is 0.338 e. The first kappa shape index (κ1) is 37.6. The second-order valence-electron chi connectivity index (χ2n) is 12.2. The second-order valence-corrected chi connectivity index (χ2v) is 13.3. The fraction of sp³-hybridized carbons (Fsp3) is 0.205. The number of carboxylic acid groups (broad SMARTS) is 1. The molecule has 0 bridgehead atoms. The molecule has 3 N–H and O–H groups in total. The number of nitrogens with zero attached hydrogens (tertiary/aromatic N) is 1. The Hall–Kier alpha value is -5.15. The number of benzene rings is 4. The van der Waals surface area contributed by atoms with Gasteiger partial charge in [0.25, 0.3) is 5.91 Å². The number of aromatic carboxylic acids is 1. The van der Waals surface area contributed by atoms with Gasteiger partial charge in [0.1, 0.15) is 10.6 Å². The molecule has 5 aromatic rings. The van der Waals surface area contributed by atoms with Gasteiger partial charge in [-0.2, -0.15) is 0 Å². The molecular weight excluding hydrogens is 719 g/mol. The molecule has 53 heavy (non-hydrogen) atoms. The van der Waals surface area contributed by atoms with E-state index in [2.05, 4.69) is 10.3 Å². The predicted octanol–water partition coefficient (Wildman–Crippen LogP) is 8.15. The minimum Gasteiger partial charge on any atom is -0.478 e. The number of rotatable bonds is 11. The zero-order chi connectivity index (χ0) is 37.8. The van der Waals surface area contributed by atoms with Crippen molar-refractivity contribution in [2.45, 2.75) is 43.6 Å².